The predicted octanol–water partition coefficient (Wildman–Crippen LogP) is 0.636. The number of hydrogen-bond donors (Lipinski definition) is 0. The van der Waals surface area contributed by atoms with Crippen molar-refractivity contribution in [2.45, 2.75) is 39.7 Å². The number of carbonyl (C=O) groups excluding carboxylic acids is 2. The lowest BCUT2D eigenvalue weighted by atomic mass is 10.1. The van der Waals surface area contributed by atoms with Crippen LogP contribution in [-0.4, -0.2) is 57.9 Å². The van der Waals surface area contributed by atoms with Gasteiger partial charge in [0.05, 0.1) is 5.92 Å². The van der Waals surface area contributed by atoms with E-state index in [1.165, 1.54) is 0 Å². The summed E-state index contributed by atoms with van der Waals surface area (Å²) in [5, 5.41) is 3.81. The lowest BCUT2D eigenvalue weighted by Gasteiger charge is -2.23. The van der Waals surface area contributed by atoms with Gasteiger partial charge in [0.15, 0.2) is 5.82 Å². The molecule has 1 aromatic rings. The fourth-order valence-electron chi connectivity index (χ4n) is 2.53. The zero-order valence-corrected chi connectivity index (χ0v) is 13.0. The molecule has 0 aliphatic carbocycles. The summed E-state index contributed by atoms with van der Waals surface area (Å²) in [6.07, 6.45) is 0.858. The van der Waals surface area contributed by atoms with Crippen molar-refractivity contribution in [1.82, 2.24) is 19.9 Å². The van der Waals surface area contributed by atoms with E-state index < -0.39 is 0 Å². The van der Waals surface area contributed by atoms with Crippen molar-refractivity contribution < 1.29 is 14.1 Å². The van der Waals surface area contributed by atoms with Crippen LogP contribution >= 0.6 is 0 Å². The highest BCUT2D eigenvalue weighted by Gasteiger charge is 2.36. The van der Waals surface area contributed by atoms with Crippen molar-refractivity contribution in [2.75, 3.05) is 20.1 Å². The first kappa shape index (κ1) is 15.5. The van der Waals surface area contributed by atoms with E-state index in [1.54, 1.807) is 23.8 Å². The van der Waals surface area contributed by atoms with Crippen LogP contribution in [0.25, 0.3) is 0 Å². The number of aromatic nitrogens is 2. The highest BCUT2D eigenvalue weighted by atomic mass is 16.5. The molecule has 2 heterocycles. The van der Waals surface area contributed by atoms with Crippen LogP contribution in [0.5, 0.6) is 0 Å². The molecule has 1 unspecified atom stereocenters. The Kier molecular flexibility index (Phi) is 4.59. The molecule has 1 aromatic heterocycles. The molecule has 21 heavy (non-hydrogen) atoms. The van der Waals surface area contributed by atoms with Crippen LogP contribution in [0.2, 0.25) is 0 Å². The summed E-state index contributed by atoms with van der Waals surface area (Å²) in [6.45, 7) is 6.70. The van der Waals surface area contributed by atoms with E-state index in [1.807, 2.05) is 13.8 Å². The molecule has 116 valence electrons. The van der Waals surface area contributed by atoms with Crippen LogP contribution in [0.1, 0.15) is 32.0 Å². The molecule has 1 fully saturated rings. The summed E-state index contributed by atoms with van der Waals surface area (Å²) in [7, 11) is 1.75. The van der Waals surface area contributed by atoms with Crippen LogP contribution in [0, 0.1) is 12.8 Å². The molecule has 1 atom stereocenters. The van der Waals surface area contributed by atoms with Gasteiger partial charge in [-0.2, -0.15) is 4.98 Å². The molecule has 7 heteroatoms. The fraction of sp³-hybridized carbons (Fsp3) is 0.714. The van der Waals surface area contributed by atoms with Crippen LogP contribution in [0.15, 0.2) is 4.52 Å². The van der Waals surface area contributed by atoms with E-state index in [0.717, 1.165) is 0 Å². The van der Waals surface area contributed by atoms with Crippen molar-refractivity contribution in [3.63, 3.8) is 0 Å². The second-order valence-electron chi connectivity index (χ2n) is 5.78. The van der Waals surface area contributed by atoms with E-state index in [-0.39, 0.29) is 23.8 Å². The first-order valence-corrected chi connectivity index (χ1v) is 7.22. The Bertz CT molecular complexity index is 526. The molecular formula is C14H22N4O3. The molecule has 0 saturated carbocycles. The fourth-order valence-corrected chi connectivity index (χ4v) is 2.53. The number of likely N-dealkylation sites (N-methyl/N-ethyl adjacent to an activating group) is 1. The summed E-state index contributed by atoms with van der Waals surface area (Å²) in [4.78, 5) is 31.7. The van der Waals surface area contributed by atoms with E-state index in [9.17, 15) is 9.59 Å². The van der Waals surface area contributed by atoms with Gasteiger partial charge >= 0.3 is 0 Å². The highest BCUT2D eigenvalue weighted by molar-refractivity contribution is 5.89. The summed E-state index contributed by atoms with van der Waals surface area (Å²) in [5.41, 5.74) is 0. The number of amides is 2. The van der Waals surface area contributed by atoms with Gasteiger partial charge < -0.3 is 14.3 Å². The lowest BCUT2D eigenvalue weighted by Crippen LogP contribution is -2.37. The van der Waals surface area contributed by atoms with Gasteiger partial charge in [0.25, 0.3) is 0 Å². The zero-order chi connectivity index (χ0) is 15.6. The lowest BCUT2D eigenvalue weighted by molar-refractivity contribution is -0.134. The SMILES string of the molecule is Cc1nc(CCN(C)C(=O)C2CC(=O)N(C(C)C)C2)no1. The van der Waals surface area contributed by atoms with E-state index in [0.29, 0.717) is 37.6 Å². The van der Waals surface area contributed by atoms with Crippen molar-refractivity contribution in [3.05, 3.63) is 11.7 Å². The van der Waals surface area contributed by atoms with Gasteiger partial charge in [-0.25, -0.2) is 0 Å². The maximum atomic E-state index is 12.4. The third-order valence-corrected chi connectivity index (χ3v) is 3.75. The Morgan fingerprint density at radius 3 is 2.76 bits per heavy atom. The Morgan fingerprint density at radius 1 is 1.52 bits per heavy atom. The third kappa shape index (κ3) is 3.59. The minimum absolute atomic E-state index is 0.00622. The third-order valence-electron chi connectivity index (χ3n) is 3.75. The second-order valence-corrected chi connectivity index (χ2v) is 5.78. The standard InChI is InChI=1S/C14H22N4O3/c1-9(2)18-8-11(7-13(18)19)14(20)17(4)6-5-12-15-10(3)21-16-12/h9,11H,5-8H2,1-4H3. The highest BCUT2D eigenvalue weighted by Crippen LogP contribution is 2.21. The van der Waals surface area contributed by atoms with Gasteiger partial charge in [0.1, 0.15) is 0 Å². The number of likely N-dealkylation sites (tertiary alicyclic amines) is 1. The number of rotatable bonds is 5. The molecule has 2 amide bonds. The summed E-state index contributed by atoms with van der Waals surface area (Å²) < 4.78 is 4.90. The second kappa shape index (κ2) is 6.24. The molecule has 7 nitrogen and oxygen atoms in total. The summed E-state index contributed by atoms with van der Waals surface area (Å²) >= 11 is 0. The van der Waals surface area contributed by atoms with E-state index in [4.69, 9.17) is 4.52 Å². The average Bonchev–Trinajstić information content (AvgIpc) is 3.01. The van der Waals surface area contributed by atoms with Gasteiger partial charge in [0, 0.05) is 45.9 Å². The van der Waals surface area contributed by atoms with E-state index >= 15 is 0 Å². The predicted molar refractivity (Wildman–Crippen MR) is 75.3 cm³/mol. The molecule has 0 spiro atoms. The topological polar surface area (TPSA) is 79.5 Å². The molecule has 1 aliphatic rings. The molecule has 2 rings (SSSR count). The van der Waals surface area contributed by atoms with Crippen LogP contribution in [0.3, 0.4) is 0 Å². The molecular weight excluding hydrogens is 272 g/mol. The summed E-state index contributed by atoms with van der Waals surface area (Å²) in [6, 6.07) is 0.142. The van der Waals surface area contributed by atoms with Gasteiger partial charge in [0.2, 0.25) is 17.7 Å². The smallest absolute Gasteiger partial charge is 0.227 e. The number of nitrogens with zero attached hydrogens (tertiary/aromatic N) is 4. The Balaban J connectivity index is 1.86. The van der Waals surface area contributed by atoms with Gasteiger partial charge in [-0.15, -0.1) is 0 Å². The first-order valence-electron chi connectivity index (χ1n) is 7.22. The zero-order valence-electron chi connectivity index (χ0n) is 13.0. The normalized spacial score (nSPS) is 18.6. The van der Waals surface area contributed by atoms with Crippen molar-refractivity contribution >= 4 is 11.8 Å². The quantitative estimate of drug-likeness (QED) is 0.796. The van der Waals surface area contributed by atoms with E-state index in [2.05, 4.69) is 10.1 Å². The Hall–Kier alpha value is -1.92. The van der Waals surface area contributed by atoms with Gasteiger partial charge in [-0.05, 0) is 13.8 Å². The van der Waals surface area contributed by atoms with Crippen LogP contribution in [0.4, 0.5) is 0 Å². The first-order chi connectivity index (χ1) is 9.88. The maximum absolute atomic E-state index is 12.4. The molecule has 0 radical (unpaired) electrons. The summed E-state index contributed by atoms with van der Waals surface area (Å²) in [5.74, 6) is 0.945. The molecule has 0 N–H and O–H groups in total. The van der Waals surface area contributed by atoms with Crippen LogP contribution < -0.4 is 0 Å². The van der Waals surface area contributed by atoms with Crippen molar-refractivity contribution in [2.24, 2.45) is 5.92 Å². The Labute approximate surface area is 124 Å². The largest absolute Gasteiger partial charge is 0.345 e. The molecule has 0 aromatic carbocycles. The minimum Gasteiger partial charge on any atom is -0.345 e. The van der Waals surface area contributed by atoms with Gasteiger partial charge in [-0.3, -0.25) is 9.59 Å². The monoisotopic (exact) mass is 294 g/mol. The minimum atomic E-state index is -0.239. The molecule has 1 aliphatic heterocycles. The van der Waals surface area contributed by atoms with Gasteiger partial charge in [-0.1, -0.05) is 5.16 Å². The van der Waals surface area contributed by atoms with Crippen LogP contribution in [-0.2, 0) is 16.0 Å². The molecule has 0 bridgehead atoms. The Morgan fingerprint density at radius 2 is 2.24 bits per heavy atom. The van der Waals surface area contributed by atoms with Crippen molar-refractivity contribution in [1.29, 1.82) is 0 Å². The number of hydrogen-bond acceptors (Lipinski definition) is 5. The van der Waals surface area contributed by atoms with Crippen molar-refractivity contribution in [3.8, 4) is 0 Å². The number of aryl methyl sites for hydroxylation is 1. The maximum Gasteiger partial charge on any atom is 0.227 e. The molecule has 1 saturated heterocycles. The number of carbonyl (C=O) groups is 2. The average molecular weight is 294 g/mol.